The minimum absolute atomic E-state index is 0.214. The highest BCUT2D eigenvalue weighted by atomic mass is 19.1. The molecule has 0 aliphatic heterocycles. The van der Waals surface area contributed by atoms with Crippen molar-refractivity contribution in [3.8, 4) is 0 Å². The smallest absolute Gasteiger partial charge is 0.338 e. The quantitative estimate of drug-likeness (QED) is 0.883. The first-order valence-corrected chi connectivity index (χ1v) is 6.69. The number of benzene rings is 2. The van der Waals surface area contributed by atoms with Gasteiger partial charge in [0.15, 0.2) is 0 Å². The monoisotopic (exact) mass is 301 g/mol. The Labute approximate surface area is 127 Å². The summed E-state index contributed by atoms with van der Waals surface area (Å²) in [6.45, 7) is 3.33. The molecule has 5 heteroatoms. The van der Waals surface area contributed by atoms with Gasteiger partial charge in [-0.3, -0.25) is 4.79 Å². The normalized spacial score (nSPS) is 10.2. The van der Waals surface area contributed by atoms with Gasteiger partial charge in [0.05, 0.1) is 12.7 Å². The van der Waals surface area contributed by atoms with Gasteiger partial charge in [0.1, 0.15) is 5.82 Å². The van der Waals surface area contributed by atoms with Crippen LogP contribution < -0.4 is 5.32 Å². The highest BCUT2D eigenvalue weighted by molar-refractivity contribution is 6.05. The Kier molecular flexibility index (Phi) is 4.56. The molecule has 0 bridgehead atoms. The minimum Gasteiger partial charge on any atom is -0.465 e. The first-order chi connectivity index (χ1) is 10.4. The number of ether oxygens (including phenoxy) is 1. The number of hydrogen-bond donors (Lipinski definition) is 1. The summed E-state index contributed by atoms with van der Waals surface area (Å²) in [5.74, 6) is -1.35. The summed E-state index contributed by atoms with van der Waals surface area (Å²) < 4.78 is 18.2. The van der Waals surface area contributed by atoms with Gasteiger partial charge in [0.2, 0.25) is 0 Å². The molecule has 0 saturated carbocycles. The molecule has 2 aromatic rings. The van der Waals surface area contributed by atoms with Gasteiger partial charge < -0.3 is 10.1 Å². The number of nitrogens with one attached hydrogen (secondary N) is 1. The summed E-state index contributed by atoms with van der Waals surface area (Å²) in [5.41, 5.74) is 2.13. The molecular formula is C17H16FNO3. The molecule has 2 rings (SSSR count). The lowest BCUT2D eigenvalue weighted by atomic mass is 10.1. The topological polar surface area (TPSA) is 55.4 Å². The molecule has 0 heterocycles. The van der Waals surface area contributed by atoms with Gasteiger partial charge in [0.25, 0.3) is 5.91 Å². The molecule has 1 N–H and O–H groups in total. The molecule has 114 valence electrons. The molecule has 0 saturated heterocycles. The van der Waals surface area contributed by atoms with E-state index in [0.29, 0.717) is 22.4 Å². The second-order valence-corrected chi connectivity index (χ2v) is 4.89. The lowest BCUT2D eigenvalue weighted by Crippen LogP contribution is -2.14. The molecule has 4 nitrogen and oxygen atoms in total. The van der Waals surface area contributed by atoms with Crippen molar-refractivity contribution in [3.05, 3.63) is 64.5 Å². The lowest BCUT2D eigenvalue weighted by molar-refractivity contribution is 0.0599. The number of anilines is 1. The van der Waals surface area contributed by atoms with Crippen molar-refractivity contribution in [2.24, 2.45) is 0 Å². The van der Waals surface area contributed by atoms with E-state index in [9.17, 15) is 14.0 Å². The van der Waals surface area contributed by atoms with Crippen LogP contribution in [0.4, 0.5) is 10.1 Å². The number of rotatable bonds is 3. The van der Waals surface area contributed by atoms with E-state index in [-0.39, 0.29) is 5.56 Å². The van der Waals surface area contributed by atoms with Crippen LogP contribution in [0.5, 0.6) is 0 Å². The molecule has 1 amide bonds. The van der Waals surface area contributed by atoms with E-state index in [2.05, 4.69) is 10.1 Å². The maximum Gasteiger partial charge on any atom is 0.338 e. The van der Waals surface area contributed by atoms with Crippen molar-refractivity contribution in [1.82, 2.24) is 0 Å². The average Bonchev–Trinajstić information content (AvgIpc) is 2.51. The first-order valence-electron chi connectivity index (χ1n) is 6.69. The third kappa shape index (κ3) is 3.14. The largest absolute Gasteiger partial charge is 0.465 e. The van der Waals surface area contributed by atoms with Crippen LogP contribution in [0, 0.1) is 19.7 Å². The van der Waals surface area contributed by atoms with Crippen LogP contribution in [-0.4, -0.2) is 19.0 Å². The highest BCUT2D eigenvalue weighted by Gasteiger charge is 2.14. The fourth-order valence-electron chi connectivity index (χ4n) is 2.03. The number of esters is 1. The lowest BCUT2D eigenvalue weighted by Gasteiger charge is -2.11. The highest BCUT2D eigenvalue weighted by Crippen LogP contribution is 2.21. The average molecular weight is 301 g/mol. The predicted octanol–water partition coefficient (Wildman–Crippen LogP) is 3.48. The molecule has 0 atom stereocenters. The van der Waals surface area contributed by atoms with Gasteiger partial charge in [-0.05, 0) is 49.2 Å². The molecule has 2 aromatic carbocycles. The molecular weight excluding hydrogens is 285 g/mol. The summed E-state index contributed by atoms with van der Waals surface area (Å²) in [6.07, 6.45) is 0. The summed E-state index contributed by atoms with van der Waals surface area (Å²) in [5, 5.41) is 2.68. The Morgan fingerprint density at radius 2 is 1.86 bits per heavy atom. The molecule has 0 unspecified atom stereocenters. The fourth-order valence-corrected chi connectivity index (χ4v) is 2.03. The molecule has 0 aliphatic carbocycles. The van der Waals surface area contributed by atoms with Crippen LogP contribution in [0.3, 0.4) is 0 Å². The standard InChI is InChI=1S/C17H16FNO3/c1-10-7-8-12(9-14(10)18)16(20)19-15-6-4-5-13(11(15)2)17(21)22-3/h4-9H,1-3H3,(H,19,20). The summed E-state index contributed by atoms with van der Waals surface area (Å²) in [4.78, 5) is 23.8. The van der Waals surface area contributed by atoms with Crippen LogP contribution in [-0.2, 0) is 4.74 Å². The third-order valence-electron chi connectivity index (χ3n) is 3.42. The third-order valence-corrected chi connectivity index (χ3v) is 3.42. The van der Waals surface area contributed by atoms with Gasteiger partial charge in [0, 0.05) is 11.3 Å². The summed E-state index contributed by atoms with van der Waals surface area (Å²) in [6, 6.07) is 9.20. The van der Waals surface area contributed by atoms with E-state index in [1.807, 2.05) is 0 Å². The van der Waals surface area contributed by atoms with Crippen LogP contribution in [0.2, 0.25) is 0 Å². The Bertz CT molecular complexity index is 741. The number of amides is 1. The molecule has 0 spiro atoms. The van der Waals surface area contributed by atoms with Crippen molar-refractivity contribution < 1.29 is 18.7 Å². The fraction of sp³-hybridized carbons (Fsp3) is 0.176. The van der Waals surface area contributed by atoms with Crippen molar-refractivity contribution in [2.45, 2.75) is 13.8 Å². The zero-order chi connectivity index (χ0) is 16.3. The molecule has 0 aliphatic rings. The van der Waals surface area contributed by atoms with Crippen molar-refractivity contribution in [2.75, 3.05) is 12.4 Å². The number of aryl methyl sites for hydroxylation is 1. The van der Waals surface area contributed by atoms with E-state index in [4.69, 9.17) is 0 Å². The van der Waals surface area contributed by atoms with Gasteiger partial charge in [-0.2, -0.15) is 0 Å². The van der Waals surface area contributed by atoms with E-state index in [1.165, 1.54) is 13.2 Å². The van der Waals surface area contributed by atoms with Gasteiger partial charge in [-0.25, -0.2) is 9.18 Å². The SMILES string of the molecule is COC(=O)c1cccc(NC(=O)c2ccc(C)c(F)c2)c1C. The van der Waals surface area contributed by atoms with Crippen molar-refractivity contribution >= 4 is 17.6 Å². The summed E-state index contributed by atoms with van der Waals surface area (Å²) in [7, 11) is 1.29. The molecule has 22 heavy (non-hydrogen) atoms. The second-order valence-electron chi connectivity index (χ2n) is 4.89. The zero-order valence-electron chi connectivity index (χ0n) is 12.6. The maximum atomic E-state index is 13.5. The Morgan fingerprint density at radius 3 is 2.50 bits per heavy atom. The minimum atomic E-state index is -0.477. The van der Waals surface area contributed by atoms with E-state index in [1.54, 1.807) is 44.2 Å². The van der Waals surface area contributed by atoms with E-state index in [0.717, 1.165) is 0 Å². The van der Waals surface area contributed by atoms with Crippen LogP contribution >= 0.6 is 0 Å². The number of hydrogen-bond acceptors (Lipinski definition) is 3. The second kappa shape index (κ2) is 6.39. The molecule has 0 aromatic heterocycles. The molecule has 0 fully saturated rings. The Hall–Kier alpha value is -2.69. The van der Waals surface area contributed by atoms with E-state index < -0.39 is 17.7 Å². The van der Waals surface area contributed by atoms with Gasteiger partial charge in [-0.15, -0.1) is 0 Å². The van der Waals surface area contributed by atoms with Crippen LogP contribution in [0.15, 0.2) is 36.4 Å². The number of halogens is 1. The number of carbonyl (C=O) groups excluding carboxylic acids is 2. The first kappa shape index (κ1) is 15.7. The number of carbonyl (C=O) groups is 2. The van der Waals surface area contributed by atoms with Crippen LogP contribution in [0.25, 0.3) is 0 Å². The van der Waals surface area contributed by atoms with Gasteiger partial charge >= 0.3 is 5.97 Å². The van der Waals surface area contributed by atoms with Crippen molar-refractivity contribution in [1.29, 1.82) is 0 Å². The molecule has 0 radical (unpaired) electrons. The van der Waals surface area contributed by atoms with Gasteiger partial charge in [-0.1, -0.05) is 12.1 Å². The number of methoxy groups -OCH3 is 1. The van der Waals surface area contributed by atoms with Crippen LogP contribution in [0.1, 0.15) is 31.8 Å². The van der Waals surface area contributed by atoms with E-state index >= 15 is 0 Å². The Morgan fingerprint density at radius 1 is 1.14 bits per heavy atom. The van der Waals surface area contributed by atoms with Crippen molar-refractivity contribution in [3.63, 3.8) is 0 Å². The maximum absolute atomic E-state index is 13.5. The predicted molar refractivity (Wildman–Crippen MR) is 81.6 cm³/mol. The zero-order valence-corrected chi connectivity index (χ0v) is 12.6. The summed E-state index contributed by atoms with van der Waals surface area (Å²) >= 11 is 0. The Balaban J connectivity index is 2.28.